The van der Waals surface area contributed by atoms with Crippen molar-refractivity contribution in [2.75, 3.05) is 0 Å². The molecule has 1 rings (SSSR count). The van der Waals surface area contributed by atoms with Crippen molar-refractivity contribution in [3.63, 3.8) is 0 Å². The van der Waals surface area contributed by atoms with Crippen molar-refractivity contribution in [3.8, 4) is 0 Å². The van der Waals surface area contributed by atoms with Crippen LogP contribution < -0.4 is 0 Å². The lowest BCUT2D eigenvalue weighted by Gasteiger charge is -2.40. The second kappa shape index (κ2) is 5.70. The zero-order valence-electron chi connectivity index (χ0n) is 11.1. The van der Waals surface area contributed by atoms with Crippen molar-refractivity contribution in [2.24, 2.45) is 29.6 Å². The van der Waals surface area contributed by atoms with Gasteiger partial charge in [-0.25, -0.2) is 0 Å². The average molecular weight is 226 g/mol. The van der Waals surface area contributed by atoms with Crippen LogP contribution in [0.5, 0.6) is 0 Å². The Bertz CT molecular complexity index is 235. The van der Waals surface area contributed by atoms with E-state index < -0.39 is 5.97 Å². The molecule has 0 aromatic heterocycles. The maximum atomic E-state index is 11.3. The van der Waals surface area contributed by atoms with Crippen molar-refractivity contribution in [2.45, 2.75) is 53.4 Å². The molecule has 1 fully saturated rings. The highest BCUT2D eigenvalue weighted by molar-refractivity contribution is 5.70. The van der Waals surface area contributed by atoms with Crippen LogP contribution in [0.25, 0.3) is 0 Å². The van der Waals surface area contributed by atoms with Gasteiger partial charge in [-0.2, -0.15) is 0 Å². The summed E-state index contributed by atoms with van der Waals surface area (Å²) in [6, 6.07) is 0. The summed E-state index contributed by atoms with van der Waals surface area (Å²) in [7, 11) is 0. The molecule has 0 bridgehead atoms. The van der Waals surface area contributed by atoms with E-state index in [1.54, 1.807) is 0 Å². The van der Waals surface area contributed by atoms with Crippen molar-refractivity contribution in [1.82, 2.24) is 0 Å². The molecule has 2 heteroatoms. The molecule has 94 valence electrons. The van der Waals surface area contributed by atoms with Crippen LogP contribution in [0, 0.1) is 29.6 Å². The van der Waals surface area contributed by atoms with Gasteiger partial charge in [-0.3, -0.25) is 4.79 Å². The number of carboxylic acids is 1. The largest absolute Gasteiger partial charge is 0.481 e. The zero-order chi connectivity index (χ0) is 12.3. The van der Waals surface area contributed by atoms with Crippen molar-refractivity contribution in [1.29, 1.82) is 0 Å². The van der Waals surface area contributed by atoms with Gasteiger partial charge in [-0.15, -0.1) is 0 Å². The van der Waals surface area contributed by atoms with Gasteiger partial charge in [-0.05, 0) is 42.9 Å². The van der Waals surface area contributed by atoms with E-state index >= 15 is 0 Å². The van der Waals surface area contributed by atoms with Crippen LogP contribution in [-0.4, -0.2) is 11.1 Å². The molecule has 2 nitrogen and oxygen atoms in total. The summed E-state index contributed by atoms with van der Waals surface area (Å²) >= 11 is 0. The summed E-state index contributed by atoms with van der Waals surface area (Å²) < 4.78 is 0. The van der Waals surface area contributed by atoms with Gasteiger partial charge in [0.15, 0.2) is 0 Å². The zero-order valence-corrected chi connectivity index (χ0v) is 11.1. The molecule has 0 saturated heterocycles. The molecule has 0 aromatic carbocycles. The molecule has 0 aromatic rings. The second-order valence-electron chi connectivity index (χ2n) is 5.84. The van der Waals surface area contributed by atoms with Crippen LogP contribution in [0.3, 0.4) is 0 Å². The van der Waals surface area contributed by atoms with Crippen LogP contribution >= 0.6 is 0 Å². The van der Waals surface area contributed by atoms with Gasteiger partial charge in [0.1, 0.15) is 0 Å². The SMILES string of the molecule is CCC(C(=O)O)C1CC(C)CCC1C(C)C. The maximum absolute atomic E-state index is 11.3. The molecule has 4 atom stereocenters. The first kappa shape index (κ1) is 13.5. The summed E-state index contributed by atoms with van der Waals surface area (Å²) in [5, 5.41) is 9.31. The number of rotatable bonds is 4. The maximum Gasteiger partial charge on any atom is 0.306 e. The lowest BCUT2D eigenvalue weighted by atomic mass is 9.65. The van der Waals surface area contributed by atoms with E-state index in [0.29, 0.717) is 23.7 Å². The van der Waals surface area contributed by atoms with Gasteiger partial charge >= 0.3 is 5.97 Å². The van der Waals surface area contributed by atoms with Crippen LogP contribution in [0.4, 0.5) is 0 Å². The monoisotopic (exact) mass is 226 g/mol. The van der Waals surface area contributed by atoms with Gasteiger partial charge in [0, 0.05) is 0 Å². The number of hydrogen-bond acceptors (Lipinski definition) is 1. The van der Waals surface area contributed by atoms with E-state index in [1.807, 2.05) is 6.92 Å². The van der Waals surface area contributed by atoms with Gasteiger partial charge in [0.25, 0.3) is 0 Å². The molecule has 16 heavy (non-hydrogen) atoms. The minimum atomic E-state index is -0.591. The van der Waals surface area contributed by atoms with E-state index in [9.17, 15) is 9.90 Å². The highest BCUT2D eigenvalue weighted by Crippen LogP contribution is 2.42. The van der Waals surface area contributed by atoms with Crippen LogP contribution in [-0.2, 0) is 4.79 Å². The predicted molar refractivity (Wildman–Crippen MR) is 66.2 cm³/mol. The highest BCUT2D eigenvalue weighted by Gasteiger charge is 2.37. The molecule has 0 aliphatic heterocycles. The first-order chi connectivity index (χ1) is 7.47. The standard InChI is InChI=1S/C14H26O2/c1-5-11(14(15)16)13-8-10(4)6-7-12(13)9(2)3/h9-13H,5-8H2,1-4H3,(H,15,16). The third-order valence-electron chi connectivity index (χ3n) is 4.35. The molecule has 0 heterocycles. The van der Waals surface area contributed by atoms with Crippen molar-refractivity contribution in [3.05, 3.63) is 0 Å². The summed E-state index contributed by atoms with van der Waals surface area (Å²) in [6.07, 6.45) is 4.37. The molecule has 0 amide bonds. The number of aliphatic carboxylic acids is 1. The minimum Gasteiger partial charge on any atom is -0.481 e. The topological polar surface area (TPSA) is 37.3 Å². The first-order valence-corrected chi connectivity index (χ1v) is 6.70. The molecule has 1 N–H and O–H groups in total. The smallest absolute Gasteiger partial charge is 0.306 e. The van der Waals surface area contributed by atoms with E-state index in [0.717, 1.165) is 12.8 Å². The second-order valence-corrected chi connectivity index (χ2v) is 5.84. The third kappa shape index (κ3) is 2.99. The van der Waals surface area contributed by atoms with Gasteiger partial charge < -0.3 is 5.11 Å². The quantitative estimate of drug-likeness (QED) is 0.791. The molecule has 0 radical (unpaired) electrons. The molecule has 0 spiro atoms. The molecule has 1 aliphatic carbocycles. The first-order valence-electron chi connectivity index (χ1n) is 6.70. The highest BCUT2D eigenvalue weighted by atomic mass is 16.4. The molecule has 4 unspecified atom stereocenters. The number of carboxylic acid groups (broad SMARTS) is 1. The predicted octanol–water partition coefficient (Wildman–Crippen LogP) is 3.81. The third-order valence-corrected chi connectivity index (χ3v) is 4.35. The fraction of sp³-hybridized carbons (Fsp3) is 0.929. The minimum absolute atomic E-state index is 0.129. The van der Waals surface area contributed by atoms with Gasteiger partial charge in [0.05, 0.1) is 5.92 Å². The summed E-state index contributed by atoms with van der Waals surface area (Å²) in [6.45, 7) is 8.75. The van der Waals surface area contributed by atoms with E-state index in [-0.39, 0.29) is 5.92 Å². The molecule has 1 aliphatic rings. The van der Waals surface area contributed by atoms with E-state index in [4.69, 9.17) is 0 Å². The van der Waals surface area contributed by atoms with Crippen molar-refractivity contribution < 1.29 is 9.90 Å². The molecular formula is C14H26O2. The van der Waals surface area contributed by atoms with Crippen LogP contribution in [0.15, 0.2) is 0 Å². The van der Waals surface area contributed by atoms with E-state index in [1.165, 1.54) is 12.8 Å². The fourth-order valence-corrected chi connectivity index (χ4v) is 3.40. The lowest BCUT2D eigenvalue weighted by Crippen LogP contribution is -2.36. The number of hydrogen-bond donors (Lipinski definition) is 1. The van der Waals surface area contributed by atoms with Crippen molar-refractivity contribution >= 4 is 5.97 Å². The Morgan fingerprint density at radius 1 is 1.31 bits per heavy atom. The molecule has 1 saturated carbocycles. The Hall–Kier alpha value is -0.530. The fourth-order valence-electron chi connectivity index (χ4n) is 3.40. The Morgan fingerprint density at radius 3 is 2.38 bits per heavy atom. The Labute approximate surface area is 99.4 Å². The van der Waals surface area contributed by atoms with Gasteiger partial charge in [0.2, 0.25) is 0 Å². The van der Waals surface area contributed by atoms with Crippen LogP contribution in [0.1, 0.15) is 53.4 Å². The van der Waals surface area contributed by atoms with Gasteiger partial charge in [-0.1, -0.05) is 34.1 Å². The van der Waals surface area contributed by atoms with E-state index in [2.05, 4.69) is 20.8 Å². The molecular weight excluding hydrogens is 200 g/mol. The normalized spacial score (nSPS) is 32.7. The number of carbonyl (C=O) groups is 1. The Morgan fingerprint density at radius 2 is 1.94 bits per heavy atom. The Balaban J connectivity index is 2.81. The Kier molecular flexibility index (Phi) is 4.82. The van der Waals surface area contributed by atoms with Crippen LogP contribution in [0.2, 0.25) is 0 Å². The average Bonchev–Trinajstić information content (AvgIpc) is 2.17. The summed E-state index contributed by atoms with van der Waals surface area (Å²) in [4.78, 5) is 11.3. The lowest BCUT2D eigenvalue weighted by molar-refractivity contribution is -0.146. The summed E-state index contributed by atoms with van der Waals surface area (Å²) in [5.41, 5.74) is 0. The summed E-state index contributed by atoms with van der Waals surface area (Å²) in [5.74, 6) is 1.60.